The summed E-state index contributed by atoms with van der Waals surface area (Å²) in [6.45, 7) is 0. The number of nitrogens with zero attached hydrogens (tertiary/aromatic N) is 3. The van der Waals surface area contributed by atoms with E-state index in [-0.39, 0.29) is 15.2 Å². The van der Waals surface area contributed by atoms with Gasteiger partial charge in [-0.15, -0.1) is 4.36 Å². The van der Waals surface area contributed by atoms with Crippen molar-refractivity contribution >= 4 is 27.8 Å². The van der Waals surface area contributed by atoms with E-state index in [1.54, 1.807) is 0 Å². The van der Waals surface area contributed by atoms with Crippen molar-refractivity contribution in [2.45, 2.75) is 6.18 Å². The summed E-state index contributed by atoms with van der Waals surface area (Å²) in [5.41, 5.74) is -5.78. The summed E-state index contributed by atoms with van der Waals surface area (Å²) in [7, 11) is -2.24. The molecule has 2 rings (SSSR count). The van der Waals surface area contributed by atoms with E-state index in [0.717, 1.165) is 7.05 Å². The minimum absolute atomic E-state index is 0.105. The molecule has 0 N–H and O–H groups in total. The first-order valence-corrected chi connectivity index (χ1v) is 7.55. The molecule has 7 nitrogen and oxygen atoms in total. The Morgan fingerprint density at radius 3 is 2.28 bits per heavy atom. The molecule has 0 amide bonds. The van der Waals surface area contributed by atoms with Crippen LogP contribution in [0, 0.1) is 5.82 Å². The molecule has 2 aromatic rings. The number of benzene rings is 1. The molecule has 0 unspecified atom stereocenters. The van der Waals surface area contributed by atoms with Gasteiger partial charge in [0.1, 0.15) is 17.2 Å². The van der Waals surface area contributed by atoms with Crippen molar-refractivity contribution in [2.24, 2.45) is 11.4 Å². The van der Waals surface area contributed by atoms with Crippen LogP contribution in [-0.4, -0.2) is 17.6 Å². The van der Waals surface area contributed by atoms with Crippen LogP contribution in [-0.2, 0) is 23.7 Å². The predicted molar refractivity (Wildman–Crippen MR) is 78.3 cm³/mol. The van der Waals surface area contributed by atoms with E-state index in [2.05, 4.69) is 4.36 Å². The molecule has 1 aromatic heterocycles. The molecule has 0 fully saturated rings. The van der Waals surface area contributed by atoms with Crippen LogP contribution in [0.25, 0.3) is 5.69 Å². The van der Waals surface area contributed by atoms with E-state index in [1.807, 2.05) is 0 Å². The molecule has 134 valence electrons. The highest BCUT2D eigenvalue weighted by molar-refractivity contribution is 7.61. The van der Waals surface area contributed by atoms with Crippen LogP contribution in [0.2, 0.25) is 5.02 Å². The van der Waals surface area contributed by atoms with Crippen LogP contribution >= 0.6 is 11.6 Å². The number of hydrogen-bond donors (Lipinski definition) is 0. The summed E-state index contributed by atoms with van der Waals surface area (Å²) < 4.78 is 77.0. The zero-order valence-corrected chi connectivity index (χ0v) is 13.6. The number of rotatable bonds is 2. The standard InChI is InChI=1S/C12H6ClF4N3O4S/c1-19-9(12(15,16)17)4-10(21)20(11(19)22)8-3-7(18-25(23)24)5(13)2-6(8)14/h2-4H,1H3. The fraction of sp³-hybridized carbons (Fsp3) is 0.167. The molecular formula is C12H6ClF4N3O4S. The fourth-order valence-electron chi connectivity index (χ4n) is 1.97. The average Bonchev–Trinajstić information content (AvgIpc) is 2.45. The molecule has 0 aliphatic carbocycles. The largest absolute Gasteiger partial charge is 0.431 e. The Kier molecular flexibility index (Phi) is 4.86. The molecule has 0 saturated heterocycles. The van der Waals surface area contributed by atoms with E-state index >= 15 is 0 Å². The smallest absolute Gasteiger partial charge is 0.292 e. The Morgan fingerprint density at radius 1 is 1.16 bits per heavy atom. The van der Waals surface area contributed by atoms with Gasteiger partial charge in [-0.25, -0.2) is 13.8 Å². The monoisotopic (exact) mass is 399 g/mol. The predicted octanol–water partition coefficient (Wildman–Crippen LogP) is 2.04. The molecule has 25 heavy (non-hydrogen) atoms. The minimum atomic E-state index is -4.98. The lowest BCUT2D eigenvalue weighted by molar-refractivity contribution is -0.144. The lowest BCUT2D eigenvalue weighted by atomic mass is 10.2. The highest BCUT2D eigenvalue weighted by Gasteiger charge is 2.35. The van der Waals surface area contributed by atoms with Gasteiger partial charge < -0.3 is 0 Å². The van der Waals surface area contributed by atoms with Crippen molar-refractivity contribution < 1.29 is 26.0 Å². The van der Waals surface area contributed by atoms with Crippen molar-refractivity contribution in [3.05, 3.63) is 55.6 Å². The Balaban J connectivity index is 2.89. The molecule has 1 aromatic carbocycles. The SMILES string of the molecule is Cn1c(C(F)(F)F)cc(=O)n(-c2cc(N=S(=O)=O)c(Cl)cc2F)c1=O. The van der Waals surface area contributed by atoms with Crippen LogP contribution in [0.5, 0.6) is 0 Å². The summed E-state index contributed by atoms with van der Waals surface area (Å²) in [5.74, 6) is -1.24. The fourth-order valence-corrected chi connectivity index (χ4v) is 2.52. The van der Waals surface area contributed by atoms with Gasteiger partial charge >= 0.3 is 22.4 Å². The molecule has 0 aliphatic rings. The van der Waals surface area contributed by atoms with Gasteiger partial charge in [0.2, 0.25) is 0 Å². The van der Waals surface area contributed by atoms with Gasteiger partial charge in [0.15, 0.2) is 0 Å². The Hall–Kier alpha value is -2.47. The van der Waals surface area contributed by atoms with Gasteiger partial charge in [-0.2, -0.15) is 21.6 Å². The molecule has 0 spiro atoms. The van der Waals surface area contributed by atoms with Gasteiger partial charge in [0, 0.05) is 13.1 Å². The first kappa shape index (κ1) is 18.9. The number of alkyl halides is 3. The normalized spacial score (nSPS) is 11.4. The Bertz CT molecular complexity index is 1110. The quantitative estimate of drug-likeness (QED) is 0.723. The molecule has 0 aliphatic heterocycles. The van der Waals surface area contributed by atoms with Crippen molar-refractivity contribution in [3.63, 3.8) is 0 Å². The molecule has 0 bridgehead atoms. The van der Waals surface area contributed by atoms with Crippen LogP contribution in [0.3, 0.4) is 0 Å². The van der Waals surface area contributed by atoms with E-state index in [1.165, 1.54) is 0 Å². The van der Waals surface area contributed by atoms with Crippen LogP contribution in [0.1, 0.15) is 5.69 Å². The third-order valence-corrected chi connectivity index (χ3v) is 3.69. The number of halogens is 5. The van der Waals surface area contributed by atoms with E-state index < -0.39 is 55.8 Å². The zero-order chi connectivity index (χ0) is 19.1. The zero-order valence-electron chi connectivity index (χ0n) is 12.0. The molecule has 0 atom stereocenters. The second-order valence-electron chi connectivity index (χ2n) is 4.61. The second kappa shape index (κ2) is 6.44. The summed E-state index contributed by atoms with van der Waals surface area (Å²) in [5, 5.41) is -0.442. The topological polar surface area (TPSA) is 90.5 Å². The lowest BCUT2D eigenvalue weighted by Crippen LogP contribution is -2.41. The van der Waals surface area contributed by atoms with Gasteiger partial charge in [0.25, 0.3) is 5.56 Å². The third kappa shape index (κ3) is 3.64. The summed E-state index contributed by atoms with van der Waals surface area (Å²) in [6, 6.07) is 1.34. The van der Waals surface area contributed by atoms with Crippen LogP contribution < -0.4 is 11.2 Å². The van der Waals surface area contributed by atoms with Crippen molar-refractivity contribution in [3.8, 4) is 5.69 Å². The maximum absolute atomic E-state index is 14.1. The van der Waals surface area contributed by atoms with E-state index in [9.17, 15) is 35.6 Å². The minimum Gasteiger partial charge on any atom is -0.292 e. The number of aromatic nitrogens is 2. The molecule has 1 heterocycles. The van der Waals surface area contributed by atoms with Gasteiger partial charge in [-0.05, 0) is 12.1 Å². The first-order valence-electron chi connectivity index (χ1n) is 6.14. The van der Waals surface area contributed by atoms with Crippen molar-refractivity contribution in [1.82, 2.24) is 9.13 Å². The lowest BCUT2D eigenvalue weighted by Gasteiger charge is -2.14. The third-order valence-electron chi connectivity index (χ3n) is 3.04. The van der Waals surface area contributed by atoms with Crippen LogP contribution in [0.4, 0.5) is 23.2 Å². The highest BCUT2D eigenvalue weighted by Crippen LogP contribution is 2.30. The van der Waals surface area contributed by atoms with Crippen molar-refractivity contribution in [2.75, 3.05) is 0 Å². The maximum Gasteiger partial charge on any atom is 0.431 e. The maximum atomic E-state index is 14.1. The van der Waals surface area contributed by atoms with Gasteiger partial charge in [-0.3, -0.25) is 9.36 Å². The van der Waals surface area contributed by atoms with Crippen LogP contribution in [0.15, 0.2) is 32.2 Å². The number of hydrogen-bond acceptors (Lipinski definition) is 5. The van der Waals surface area contributed by atoms with Gasteiger partial charge in [-0.1, -0.05) is 11.6 Å². The summed E-state index contributed by atoms with van der Waals surface area (Å²) in [6.07, 6.45) is -4.98. The summed E-state index contributed by atoms with van der Waals surface area (Å²) >= 11 is 5.60. The molecule has 0 radical (unpaired) electrons. The second-order valence-corrected chi connectivity index (χ2v) is 5.63. The molecule has 13 heteroatoms. The van der Waals surface area contributed by atoms with Crippen molar-refractivity contribution in [1.29, 1.82) is 0 Å². The molecule has 0 saturated carbocycles. The first-order chi connectivity index (χ1) is 11.4. The average molecular weight is 400 g/mol. The van der Waals surface area contributed by atoms with E-state index in [4.69, 9.17) is 11.6 Å². The summed E-state index contributed by atoms with van der Waals surface area (Å²) in [4.78, 5) is 24.0. The Morgan fingerprint density at radius 2 is 1.76 bits per heavy atom. The van der Waals surface area contributed by atoms with Gasteiger partial charge in [0.05, 0.1) is 10.7 Å². The molecular weight excluding hydrogens is 394 g/mol. The Labute approximate surface area is 142 Å². The highest BCUT2D eigenvalue weighted by atomic mass is 35.5. The van der Waals surface area contributed by atoms with E-state index in [0.29, 0.717) is 12.1 Å².